The number of carbonyl (C=O) groups excluding carboxylic acids is 2. The van der Waals surface area contributed by atoms with Crippen molar-refractivity contribution in [3.05, 3.63) is 0 Å². The second-order valence-electron chi connectivity index (χ2n) is 5.48. The summed E-state index contributed by atoms with van der Waals surface area (Å²) in [5.41, 5.74) is -1.44. The summed E-state index contributed by atoms with van der Waals surface area (Å²) in [6, 6.07) is 0. The number of methoxy groups -OCH3 is 1. The molecule has 0 aliphatic carbocycles. The molecular formula is C12H21NO4. The number of nitrogens with zero attached hydrogens (tertiary/aromatic N) is 1. The van der Waals surface area contributed by atoms with Crippen molar-refractivity contribution in [2.45, 2.75) is 45.2 Å². The summed E-state index contributed by atoms with van der Waals surface area (Å²) in [6.45, 7) is 7.99. The van der Waals surface area contributed by atoms with Crippen molar-refractivity contribution in [1.29, 1.82) is 0 Å². The van der Waals surface area contributed by atoms with E-state index in [-0.39, 0.29) is 12.4 Å². The molecule has 0 bridgehead atoms. The molecule has 1 amide bonds. The van der Waals surface area contributed by atoms with Crippen LogP contribution in [0.2, 0.25) is 0 Å². The number of rotatable bonds is 1. The van der Waals surface area contributed by atoms with Crippen molar-refractivity contribution in [3.63, 3.8) is 0 Å². The maximum absolute atomic E-state index is 12.1. The summed E-state index contributed by atoms with van der Waals surface area (Å²) in [7, 11) is 1.32. The minimum atomic E-state index is -0.941. The van der Waals surface area contributed by atoms with Crippen LogP contribution in [0, 0.1) is 0 Å². The summed E-state index contributed by atoms with van der Waals surface area (Å²) in [5.74, 6) is 0.0177. The molecule has 5 heteroatoms. The summed E-state index contributed by atoms with van der Waals surface area (Å²) in [6.07, 6.45) is -0.168. The van der Waals surface area contributed by atoms with E-state index in [0.717, 1.165) is 0 Å². The summed E-state index contributed by atoms with van der Waals surface area (Å²) in [5, 5.41) is 0. The monoisotopic (exact) mass is 243 g/mol. The van der Waals surface area contributed by atoms with Crippen molar-refractivity contribution in [1.82, 2.24) is 4.90 Å². The molecule has 1 heterocycles. The largest absolute Gasteiger partial charge is 0.453 e. The first-order valence-electron chi connectivity index (χ1n) is 5.73. The standard InChI is InChI=1S/C12H21NO4/c1-11(2,3)13(10(15)16-5)12(4)8-17-7-6-9(12)14/h6-8H2,1-5H3. The van der Waals surface area contributed by atoms with Crippen molar-refractivity contribution in [2.75, 3.05) is 20.3 Å². The molecule has 0 spiro atoms. The molecule has 5 nitrogen and oxygen atoms in total. The van der Waals surface area contributed by atoms with Crippen LogP contribution in [-0.2, 0) is 14.3 Å². The van der Waals surface area contributed by atoms with Gasteiger partial charge in [0, 0.05) is 12.0 Å². The Morgan fingerprint density at radius 1 is 1.47 bits per heavy atom. The Labute approximate surface area is 102 Å². The average Bonchev–Trinajstić information content (AvgIpc) is 2.20. The number of ketones is 1. The lowest BCUT2D eigenvalue weighted by atomic mass is 9.87. The zero-order valence-corrected chi connectivity index (χ0v) is 11.2. The highest BCUT2D eigenvalue weighted by molar-refractivity contribution is 5.92. The summed E-state index contributed by atoms with van der Waals surface area (Å²) in [4.78, 5) is 25.5. The van der Waals surface area contributed by atoms with Gasteiger partial charge in [0.2, 0.25) is 0 Å². The van der Waals surface area contributed by atoms with Gasteiger partial charge in [-0.1, -0.05) is 0 Å². The molecule has 1 fully saturated rings. The number of hydrogen-bond acceptors (Lipinski definition) is 4. The van der Waals surface area contributed by atoms with Crippen LogP contribution in [0.3, 0.4) is 0 Å². The molecule has 0 saturated carbocycles. The van der Waals surface area contributed by atoms with Gasteiger partial charge in [0.15, 0.2) is 5.78 Å². The lowest BCUT2D eigenvalue weighted by molar-refractivity contribution is -0.145. The lowest BCUT2D eigenvalue weighted by Gasteiger charge is -2.47. The topological polar surface area (TPSA) is 55.8 Å². The van der Waals surface area contributed by atoms with Crippen molar-refractivity contribution in [2.24, 2.45) is 0 Å². The molecule has 0 aromatic carbocycles. The van der Waals surface area contributed by atoms with Gasteiger partial charge < -0.3 is 9.47 Å². The second-order valence-corrected chi connectivity index (χ2v) is 5.48. The minimum Gasteiger partial charge on any atom is -0.453 e. The van der Waals surface area contributed by atoms with Gasteiger partial charge in [-0.05, 0) is 27.7 Å². The number of carbonyl (C=O) groups is 2. The van der Waals surface area contributed by atoms with Gasteiger partial charge in [0.25, 0.3) is 0 Å². The van der Waals surface area contributed by atoms with Crippen LogP contribution in [-0.4, -0.2) is 48.2 Å². The van der Waals surface area contributed by atoms with E-state index in [4.69, 9.17) is 9.47 Å². The van der Waals surface area contributed by atoms with Crippen LogP contribution in [0.25, 0.3) is 0 Å². The maximum Gasteiger partial charge on any atom is 0.410 e. The third kappa shape index (κ3) is 2.60. The number of amides is 1. The van der Waals surface area contributed by atoms with Gasteiger partial charge in [-0.15, -0.1) is 0 Å². The van der Waals surface area contributed by atoms with Crippen LogP contribution >= 0.6 is 0 Å². The first kappa shape index (κ1) is 14.0. The fourth-order valence-electron chi connectivity index (χ4n) is 2.28. The Bertz CT molecular complexity index is 321. The molecule has 1 atom stereocenters. The zero-order valence-electron chi connectivity index (χ0n) is 11.2. The molecule has 1 saturated heterocycles. The lowest BCUT2D eigenvalue weighted by Crippen LogP contribution is -2.65. The Hall–Kier alpha value is -1.10. The van der Waals surface area contributed by atoms with Crippen LogP contribution in [0.1, 0.15) is 34.1 Å². The van der Waals surface area contributed by atoms with Gasteiger partial charge in [-0.3, -0.25) is 9.69 Å². The predicted molar refractivity (Wildman–Crippen MR) is 62.8 cm³/mol. The van der Waals surface area contributed by atoms with Gasteiger partial charge in [0.05, 0.1) is 20.3 Å². The van der Waals surface area contributed by atoms with Crippen molar-refractivity contribution < 1.29 is 19.1 Å². The van der Waals surface area contributed by atoms with Gasteiger partial charge in [0.1, 0.15) is 5.54 Å². The van der Waals surface area contributed by atoms with E-state index < -0.39 is 17.2 Å². The summed E-state index contributed by atoms with van der Waals surface area (Å²) < 4.78 is 10.1. The third-order valence-electron chi connectivity index (χ3n) is 2.98. The Balaban J connectivity index is 3.12. The summed E-state index contributed by atoms with van der Waals surface area (Å²) >= 11 is 0. The van der Waals surface area contributed by atoms with Crippen molar-refractivity contribution in [3.8, 4) is 0 Å². The highest BCUT2D eigenvalue weighted by Crippen LogP contribution is 2.30. The molecule has 1 aliphatic rings. The van der Waals surface area contributed by atoms with Gasteiger partial charge in [-0.2, -0.15) is 0 Å². The van der Waals surface area contributed by atoms with E-state index in [2.05, 4.69) is 0 Å². The quantitative estimate of drug-likeness (QED) is 0.702. The zero-order chi connectivity index (χ0) is 13.3. The number of hydrogen-bond donors (Lipinski definition) is 0. The first-order valence-corrected chi connectivity index (χ1v) is 5.73. The third-order valence-corrected chi connectivity index (χ3v) is 2.98. The molecule has 0 aromatic rings. The Kier molecular flexibility index (Phi) is 3.81. The van der Waals surface area contributed by atoms with E-state index >= 15 is 0 Å². The Morgan fingerprint density at radius 2 is 2.06 bits per heavy atom. The minimum absolute atomic E-state index is 0.0177. The normalized spacial score (nSPS) is 25.6. The van der Waals surface area contributed by atoms with E-state index in [1.807, 2.05) is 20.8 Å². The second kappa shape index (κ2) is 4.64. The van der Waals surface area contributed by atoms with Crippen LogP contribution in [0.5, 0.6) is 0 Å². The molecule has 0 radical (unpaired) electrons. The molecule has 1 unspecified atom stereocenters. The van der Waals surface area contributed by atoms with Crippen LogP contribution in [0.4, 0.5) is 4.79 Å². The van der Waals surface area contributed by atoms with E-state index in [1.54, 1.807) is 6.92 Å². The smallest absolute Gasteiger partial charge is 0.410 e. The fraction of sp³-hybridized carbons (Fsp3) is 0.833. The molecule has 0 N–H and O–H groups in total. The predicted octanol–water partition coefficient (Wildman–Crippen LogP) is 1.60. The molecule has 1 aliphatic heterocycles. The fourth-order valence-corrected chi connectivity index (χ4v) is 2.28. The molecular weight excluding hydrogens is 222 g/mol. The Morgan fingerprint density at radius 3 is 2.47 bits per heavy atom. The van der Waals surface area contributed by atoms with Gasteiger partial charge >= 0.3 is 6.09 Å². The molecule has 17 heavy (non-hydrogen) atoms. The average molecular weight is 243 g/mol. The maximum atomic E-state index is 12.1. The molecule has 0 aromatic heterocycles. The highest BCUT2D eigenvalue weighted by atomic mass is 16.5. The van der Waals surface area contributed by atoms with Crippen LogP contribution < -0.4 is 0 Å². The van der Waals surface area contributed by atoms with Gasteiger partial charge in [-0.25, -0.2) is 4.79 Å². The first-order chi connectivity index (χ1) is 7.73. The SMILES string of the molecule is COC(=O)N(C(C)(C)C)C1(C)COCCC1=O. The van der Waals surface area contributed by atoms with E-state index in [1.165, 1.54) is 12.0 Å². The number of Topliss-reactive ketones (excluding diaryl/α,β-unsaturated/α-hetero) is 1. The molecule has 98 valence electrons. The number of ether oxygens (including phenoxy) is 2. The van der Waals surface area contributed by atoms with E-state index in [0.29, 0.717) is 13.0 Å². The van der Waals surface area contributed by atoms with Crippen LogP contribution in [0.15, 0.2) is 0 Å². The molecule has 1 rings (SSSR count). The highest BCUT2D eigenvalue weighted by Gasteiger charge is 2.49. The van der Waals surface area contributed by atoms with E-state index in [9.17, 15) is 9.59 Å². The van der Waals surface area contributed by atoms with Crippen molar-refractivity contribution >= 4 is 11.9 Å².